The Morgan fingerprint density at radius 1 is 1.44 bits per heavy atom. The number of hydrogen-bond acceptors (Lipinski definition) is 5. The molecule has 0 bridgehead atoms. The van der Waals surface area contributed by atoms with Crippen LogP contribution in [0.5, 0.6) is 0 Å². The van der Waals surface area contributed by atoms with Crippen LogP contribution in [0.25, 0.3) is 0 Å². The van der Waals surface area contributed by atoms with E-state index in [4.69, 9.17) is 4.74 Å². The minimum Gasteiger partial charge on any atom is -0.375 e. The molecule has 1 unspecified atom stereocenters. The van der Waals surface area contributed by atoms with E-state index in [2.05, 4.69) is 68.7 Å². The van der Waals surface area contributed by atoms with Gasteiger partial charge in [0.2, 0.25) is 0 Å². The Kier molecular flexibility index (Phi) is 7.06. The predicted molar refractivity (Wildman–Crippen MR) is 113 cm³/mol. The molecule has 1 aliphatic heterocycles. The lowest BCUT2D eigenvalue weighted by molar-refractivity contribution is 0.0529. The monoisotopic (exact) mass is 387 g/mol. The van der Waals surface area contributed by atoms with Crippen molar-refractivity contribution in [3.05, 3.63) is 46.3 Å². The van der Waals surface area contributed by atoms with Gasteiger partial charge in [0, 0.05) is 51.3 Å². The van der Waals surface area contributed by atoms with Crippen molar-refractivity contribution < 1.29 is 4.74 Å². The lowest BCUT2D eigenvalue weighted by Crippen LogP contribution is -2.41. The average Bonchev–Trinajstić information content (AvgIpc) is 3.21. The smallest absolute Gasteiger partial charge is 0.193 e. The molecule has 7 heteroatoms. The van der Waals surface area contributed by atoms with Crippen molar-refractivity contribution in [2.45, 2.75) is 26.0 Å². The number of thiophene rings is 1. The molecule has 1 N–H and O–H groups in total. The second-order valence-corrected chi connectivity index (χ2v) is 7.84. The molecule has 2 aromatic heterocycles. The standard InChI is InChI=1S/C20H29N5OS/c1-16-15-25(10-11-26-16)19-7-6-17(13-22-19)14-23-20(21-2)24(3)9-8-18-5-4-12-27-18/h4-7,12-13,16H,8-11,14-15H2,1-3H3,(H,21,23). The summed E-state index contributed by atoms with van der Waals surface area (Å²) < 4.78 is 5.60. The molecule has 6 nitrogen and oxygen atoms in total. The summed E-state index contributed by atoms with van der Waals surface area (Å²) in [6.45, 7) is 6.31. The van der Waals surface area contributed by atoms with E-state index in [9.17, 15) is 0 Å². The minimum atomic E-state index is 0.259. The first kappa shape index (κ1) is 19.6. The third-order valence-corrected chi connectivity index (χ3v) is 5.61. The third kappa shape index (κ3) is 5.68. The maximum Gasteiger partial charge on any atom is 0.193 e. The maximum absolute atomic E-state index is 5.60. The van der Waals surface area contributed by atoms with Crippen LogP contribution in [0.3, 0.4) is 0 Å². The van der Waals surface area contributed by atoms with E-state index < -0.39 is 0 Å². The predicted octanol–water partition coefficient (Wildman–Crippen LogP) is 2.62. The number of hydrogen-bond donors (Lipinski definition) is 1. The van der Waals surface area contributed by atoms with Crippen molar-refractivity contribution >= 4 is 23.1 Å². The molecule has 3 heterocycles. The number of ether oxygens (including phenoxy) is 1. The van der Waals surface area contributed by atoms with Gasteiger partial charge in [-0.3, -0.25) is 4.99 Å². The molecule has 1 atom stereocenters. The zero-order valence-corrected chi connectivity index (χ0v) is 17.2. The van der Waals surface area contributed by atoms with E-state index in [0.717, 1.165) is 50.0 Å². The Hall–Kier alpha value is -2.12. The molecule has 0 aliphatic carbocycles. The van der Waals surface area contributed by atoms with Crippen molar-refractivity contribution in [1.82, 2.24) is 15.2 Å². The summed E-state index contributed by atoms with van der Waals surface area (Å²) in [5.74, 6) is 1.92. The van der Waals surface area contributed by atoms with Crippen molar-refractivity contribution in [2.75, 3.05) is 45.2 Å². The van der Waals surface area contributed by atoms with Crippen LogP contribution in [0.1, 0.15) is 17.4 Å². The van der Waals surface area contributed by atoms with Gasteiger partial charge in [-0.05, 0) is 36.4 Å². The number of rotatable bonds is 6. The molecule has 0 amide bonds. The van der Waals surface area contributed by atoms with Crippen molar-refractivity contribution in [1.29, 1.82) is 0 Å². The van der Waals surface area contributed by atoms with E-state index in [0.29, 0.717) is 6.54 Å². The number of aromatic nitrogens is 1. The molecule has 0 radical (unpaired) electrons. The summed E-state index contributed by atoms with van der Waals surface area (Å²) in [7, 11) is 3.90. The Labute approximate surface area is 165 Å². The Morgan fingerprint density at radius 3 is 3.00 bits per heavy atom. The highest BCUT2D eigenvalue weighted by Gasteiger charge is 2.17. The topological polar surface area (TPSA) is 53.0 Å². The number of morpholine rings is 1. The van der Waals surface area contributed by atoms with Gasteiger partial charge >= 0.3 is 0 Å². The van der Waals surface area contributed by atoms with E-state index in [1.807, 2.05) is 13.2 Å². The molecule has 2 aromatic rings. The van der Waals surface area contributed by atoms with Crippen LogP contribution in [0.15, 0.2) is 40.8 Å². The van der Waals surface area contributed by atoms with Gasteiger partial charge in [-0.15, -0.1) is 11.3 Å². The van der Waals surface area contributed by atoms with Gasteiger partial charge < -0.3 is 19.9 Å². The summed E-state index contributed by atoms with van der Waals surface area (Å²) >= 11 is 1.80. The number of anilines is 1. The molecular formula is C20H29N5OS. The van der Waals surface area contributed by atoms with Gasteiger partial charge in [-0.2, -0.15) is 0 Å². The summed E-state index contributed by atoms with van der Waals surface area (Å²) in [5, 5.41) is 5.55. The Balaban J connectivity index is 1.49. The Bertz CT molecular complexity index is 716. The van der Waals surface area contributed by atoms with Crippen molar-refractivity contribution in [3.8, 4) is 0 Å². The lowest BCUT2D eigenvalue weighted by atomic mass is 10.2. The molecule has 1 fully saturated rings. The lowest BCUT2D eigenvalue weighted by Gasteiger charge is -2.32. The number of nitrogens with one attached hydrogen (secondary N) is 1. The average molecular weight is 388 g/mol. The summed E-state index contributed by atoms with van der Waals surface area (Å²) in [6, 6.07) is 8.51. The first-order valence-corrected chi connectivity index (χ1v) is 10.3. The number of nitrogens with zero attached hydrogens (tertiary/aromatic N) is 4. The molecule has 1 saturated heterocycles. The molecule has 0 spiro atoms. The molecular weight excluding hydrogens is 358 g/mol. The normalized spacial score (nSPS) is 17.8. The van der Waals surface area contributed by atoms with E-state index >= 15 is 0 Å². The fraction of sp³-hybridized carbons (Fsp3) is 0.500. The molecule has 0 saturated carbocycles. The van der Waals surface area contributed by atoms with Gasteiger partial charge in [-0.1, -0.05) is 12.1 Å². The summed E-state index contributed by atoms with van der Waals surface area (Å²) in [4.78, 5) is 14.9. The van der Waals surface area contributed by atoms with Gasteiger partial charge in [0.1, 0.15) is 5.82 Å². The van der Waals surface area contributed by atoms with Crippen LogP contribution in [-0.2, 0) is 17.7 Å². The zero-order chi connectivity index (χ0) is 19.1. The van der Waals surface area contributed by atoms with E-state index in [1.165, 1.54) is 4.88 Å². The second-order valence-electron chi connectivity index (χ2n) is 6.80. The fourth-order valence-corrected chi connectivity index (χ4v) is 3.84. The first-order chi connectivity index (χ1) is 13.2. The SMILES string of the molecule is CN=C(NCc1ccc(N2CCOC(C)C2)nc1)N(C)CCc1cccs1. The second kappa shape index (κ2) is 9.71. The molecule has 27 heavy (non-hydrogen) atoms. The van der Waals surface area contributed by atoms with Gasteiger partial charge in [0.05, 0.1) is 12.7 Å². The zero-order valence-electron chi connectivity index (χ0n) is 16.4. The van der Waals surface area contributed by atoms with Crippen LogP contribution < -0.4 is 10.2 Å². The number of likely N-dealkylation sites (N-methyl/N-ethyl adjacent to an activating group) is 1. The highest BCUT2D eigenvalue weighted by Crippen LogP contribution is 2.15. The Morgan fingerprint density at radius 2 is 2.33 bits per heavy atom. The quantitative estimate of drug-likeness (QED) is 0.610. The van der Waals surface area contributed by atoms with Crippen LogP contribution >= 0.6 is 11.3 Å². The number of aliphatic imine (C=N–C) groups is 1. The first-order valence-electron chi connectivity index (χ1n) is 9.41. The molecule has 146 valence electrons. The summed E-state index contributed by atoms with van der Waals surface area (Å²) in [5.41, 5.74) is 1.15. The van der Waals surface area contributed by atoms with Gasteiger partial charge in [0.25, 0.3) is 0 Å². The van der Waals surface area contributed by atoms with Gasteiger partial charge in [0.15, 0.2) is 5.96 Å². The highest BCUT2D eigenvalue weighted by molar-refractivity contribution is 7.09. The highest BCUT2D eigenvalue weighted by atomic mass is 32.1. The van der Waals surface area contributed by atoms with Crippen LogP contribution in [0.2, 0.25) is 0 Å². The minimum absolute atomic E-state index is 0.259. The molecule has 0 aromatic carbocycles. The van der Waals surface area contributed by atoms with Gasteiger partial charge in [-0.25, -0.2) is 4.98 Å². The van der Waals surface area contributed by atoms with E-state index in [1.54, 1.807) is 11.3 Å². The van der Waals surface area contributed by atoms with Crippen molar-refractivity contribution in [2.24, 2.45) is 4.99 Å². The number of pyridine rings is 1. The largest absolute Gasteiger partial charge is 0.375 e. The molecule has 1 aliphatic rings. The fourth-order valence-electron chi connectivity index (χ4n) is 3.14. The summed E-state index contributed by atoms with van der Waals surface area (Å²) in [6.07, 6.45) is 3.24. The maximum atomic E-state index is 5.60. The van der Waals surface area contributed by atoms with E-state index in [-0.39, 0.29) is 6.10 Å². The molecule has 3 rings (SSSR count). The third-order valence-electron chi connectivity index (χ3n) is 4.67. The van der Waals surface area contributed by atoms with Crippen molar-refractivity contribution in [3.63, 3.8) is 0 Å². The number of guanidine groups is 1. The van der Waals surface area contributed by atoms with Crippen LogP contribution in [-0.4, -0.2) is 62.3 Å². The van der Waals surface area contributed by atoms with Crippen LogP contribution in [0.4, 0.5) is 5.82 Å². The van der Waals surface area contributed by atoms with Crippen LogP contribution in [0, 0.1) is 0 Å².